The summed E-state index contributed by atoms with van der Waals surface area (Å²) in [4.78, 5) is 13.5. The van der Waals surface area contributed by atoms with E-state index >= 15 is 0 Å². The van der Waals surface area contributed by atoms with Crippen LogP contribution in [0.5, 0.6) is 0 Å². The van der Waals surface area contributed by atoms with Crippen molar-refractivity contribution in [1.82, 2.24) is 0 Å². The van der Waals surface area contributed by atoms with Crippen molar-refractivity contribution in [2.45, 2.75) is 93.0 Å². The lowest BCUT2D eigenvalue weighted by molar-refractivity contribution is -0.152. The Morgan fingerprint density at radius 3 is 2.44 bits per heavy atom. The van der Waals surface area contributed by atoms with Gasteiger partial charge in [0.25, 0.3) is 0 Å². The smallest absolute Gasteiger partial charge is 0.314 e. The van der Waals surface area contributed by atoms with Crippen LogP contribution in [0.2, 0.25) is 0 Å². The molecule has 7 unspecified atom stereocenters. The number of esters is 1. The second-order valence-corrected chi connectivity index (χ2v) is 12.3. The topological polar surface area (TPSA) is 46.5 Å². The average molecular weight is 478 g/mol. The number of hydrogen-bond donors (Lipinski definition) is 1. The van der Waals surface area contributed by atoms with E-state index in [0.717, 1.165) is 51.4 Å². The van der Waals surface area contributed by atoms with Crippen molar-refractivity contribution >= 4 is 37.8 Å². The Morgan fingerprint density at radius 1 is 1.08 bits per heavy atom. The fraction of sp³-hybridized carbons (Fsp3) is 0.950. The predicted molar refractivity (Wildman–Crippen MR) is 105 cm³/mol. The number of carbonyl (C=O) groups is 1. The normalized spacial score (nSPS) is 54.2. The third kappa shape index (κ3) is 2.61. The number of ether oxygens (including phenoxy) is 1. The van der Waals surface area contributed by atoms with Gasteiger partial charge in [0.2, 0.25) is 0 Å². The van der Waals surface area contributed by atoms with E-state index in [1.54, 1.807) is 0 Å². The number of alkyl halides is 2. The second kappa shape index (κ2) is 5.70. The minimum Gasteiger partial charge on any atom is -0.459 e. The van der Waals surface area contributed by atoms with E-state index in [4.69, 9.17) is 4.74 Å². The van der Waals surface area contributed by atoms with Crippen LogP contribution < -0.4 is 0 Å². The minimum atomic E-state index is -0.609. The summed E-state index contributed by atoms with van der Waals surface area (Å²) in [7, 11) is 0. The highest BCUT2D eigenvalue weighted by Crippen LogP contribution is 2.67. The summed E-state index contributed by atoms with van der Waals surface area (Å²) in [6.45, 7) is 6.64. The molecule has 3 nitrogen and oxygen atoms in total. The van der Waals surface area contributed by atoms with Crippen molar-refractivity contribution in [2.75, 3.05) is 0 Å². The molecule has 3 saturated carbocycles. The van der Waals surface area contributed by atoms with Gasteiger partial charge in [-0.25, -0.2) is 0 Å². The standard InChI is InChI=1S/C20H30Br2O3/c1-17(2)11-19(24,8-6-13(17)21)10-12-4-9-20-14(22)5-7-18(3,15(12)20)25-16(20)23/h12-15,24H,4-11H2,1-3H3. The van der Waals surface area contributed by atoms with Crippen LogP contribution in [0.15, 0.2) is 0 Å². The number of carbonyl (C=O) groups excluding carboxylic acids is 1. The molecule has 2 bridgehead atoms. The molecule has 1 heterocycles. The first kappa shape index (κ1) is 18.7. The monoisotopic (exact) mass is 476 g/mol. The van der Waals surface area contributed by atoms with Crippen LogP contribution in [-0.2, 0) is 9.53 Å². The Labute approximate surface area is 167 Å². The van der Waals surface area contributed by atoms with Gasteiger partial charge in [-0.2, -0.15) is 0 Å². The maximum Gasteiger partial charge on any atom is 0.314 e. The summed E-state index contributed by atoms with van der Waals surface area (Å²) in [6, 6.07) is 0. The van der Waals surface area contributed by atoms with Crippen molar-refractivity contribution in [3.8, 4) is 0 Å². The summed E-state index contributed by atoms with van der Waals surface area (Å²) in [5.41, 5.74) is -1.19. The van der Waals surface area contributed by atoms with Crippen molar-refractivity contribution in [3.05, 3.63) is 0 Å². The molecule has 4 fully saturated rings. The minimum absolute atomic E-state index is 0.0124. The van der Waals surface area contributed by atoms with Crippen LogP contribution in [0.1, 0.15) is 72.1 Å². The fourth-order valence-corrected chi connectivity index (χ4v) is 8.20. The van der Waals surface area contributed by atoms with E-state index in [1.165, 1.54) is 0 Å². The Hall–Kier alpha value is 0.390. The first-order chi connectivity index (χ1) is 11.5. The van der Waals surface area contributed by atoms with Gasteiger partial charge in [0.05, 0.1) is 11.0 Å². The van der Waals surface area contributed by atoms with Crippen LogP contribution >= 0.6 is 31.9 Å². The van der Waals surface area contributed by atoms with Crippen LogP contribution in [0, 0.1) is 22.7 Å². The molecule has 0 aromatic rings. The quantitative estimate of drug-likeness (QED) is 0.451. The van der Waals surface area contributed by atoms with Gasteiger partial charge in [-0.05, 0) is 69.6 Å². The highest BCUT2D eigenvalue weighted by Gasteiger charge is 2.72. The molecule has 1 N–H and O–H groups in total. The lowest BCUT2D eigenvalue weighted by atomic mass is 9.59. The molecular weight excluding hydrogens is 448 g/mol. The van der Waals surface area contributed by atoms with E-state index in [1.807, 2.05) is 0 Å². The molecule has 5 heteroatoms. The summed E-state index contributed by atoms with van der Waals surface area (Å²) in [5.74, 6) is 0.641. The van der Waals surface area contributed by atoms with Gasteiger partial charge < -0.3 is 9.84 Å². The molecule has 3 aliphatic carbocycles. The average Bonchev–Trinajstić information content (AvgIpc) is 2.96. The van der Waals surface area contributed by atoms with Gasteiger partial charge >= 0.3 is 5.97 Å². The largest absolute Gasteiger partial charge is 0.459 e. The molecule has 0 aromatic heterocycles. The number of halogens is 2. The molecule has 0 spiro atoms. The Bertz CT molecular complexity index is 593. The second-order valence-electron chi connectivity index (χ2n) is 10.1. The molecule has 0 amide bonds. The molecule has 7 atom stereocenters. The maximum absolute atomic E-state index is 12.8. The van der Waals surface area contributed by atoms with Crippen molar-refractivity contribution < 1.29 is 14.6 Å². The Morgan fingerprint density at radius 2 is 1.76 bits per heavy atom. The van der Waals surface area contributed by atoms with Gasteiger partial charge in [0.1, 0.15) is 5.60 Å². The maximum atomic E-state index is 12.8. The molecule has 1 aliphatic heterocycles. The summed E-state index contributed by atoms with van der Waals surface area (Å²) >= 11 is 7.63. The van der Waals surface area contributed by atoms with Crippen LogP contribution in [0.3, 0.4) is 0 Å². The third-order valence-electron chi connectivity index (χ3n) is 7.91. The lowest BCUT2D eigenvalue weighted by Gasteiger charge is -2.48. The van der Waals surface area contributed by atoms with Crippen molar-refractivity contribution in [1.29, 1.82) is 0 Å². The molecule has 25 heavy (non-hydrogen) atoms. The zero-order valence-electron chi connectivity index (χ0n) is 15.5. The highest BCUT2D eigenvalue weighted by atomic mass is 79.9. The van der Waals surface area contributed by atoms with Gasteiger partial charge in [0, 0.05) is 15.6 Å². The van der Waals surface area contributed by atoms with E-state index < -0.39 is 5.60 Å². The van der Waals surface area contributed by atoms with E-state index in [9.17, 15) is 9.90 Å². The number of hydrogen-bond acceptors (Lipinski definition) is 3. The van der Waals surface area contributed by atoms with E-state index in [0.29, 0.717) is 10.7 Å². The van der Waals surface area contributed by atoms with Gasteiger partial charge in [-0.3, -0.25) is 4.79 Å². The molecule has 1 saturated heterocycles. The lowest BCUT2D eigenvalue weighted by Crippen LogP contribution is -2.51. The van der Waals surface area contributed by atoms with Gasteiger partial charge in [-0.15, -0.1) is 0 Å². The zero-order chi connectivity index (χ0) is 18.3. The highest BCUT2D eigenvalue weighted by molar-refractivity contribution is 9.09. The van der Waals surface area contributed by atoms with Crippen molar-refractivity contribution in [3.63, 3.8) is 0 Å². The van der Waals surface area contributed by atoms with Crippen LogP contribution in [0.4, 0.5) is 0 Å². The summed E-state index contributed by atoms with van der Waals surface area (Å²) in [5, 5.41) is 11.4. The summed E-state index contributed by atoms with van der Waals surface area (Å²) < 4.78 is 5.95. The third-order valence-corrected chi connectivity index (χ3v) is 10.9. The molecule has 4 rings (SSSR count). The van der Waals surface area contributed by atoms with Crippen LogP contribution in [-0.4, -0.2) is 31.9 Å². The zero-order valence-corrected chi connectivity index (χ0v) is 18.7. The number of rotatable bonds is 2. The van der Waals surface area contributed by atoms with Crippen molar-refractivity contribution in [2.24, 2.45) is 22.7 Å². The van der Waals surface area contributed by atoms with E-state index in [-0.39, 0.29) is 33.1 Å². The van der Waals surface area contributed by atoms with E-state index in [2.05, 4.69) is 52.6 Å². The molecular formula is C20H30Br2O3. The SMILES string of the molecule is CC1(C)CC(O)(CC2CCC34C(=O)OC(C)(CCC3Br)C24)CCC1Br. The fourth-order valence-electron chi connectivity index (χ4n) is 6.88. The van der Waals surface area contributed by atoms with Crippen LogP contribution in [0.25, 0.3) is 0 Å². The van der Waals surface area contributed by atoms with Gasteiger partial charge in [0.15, 0.2) is 0 Å². The van der Waals surface area contributed by atoms with Gasteiger partial charge in [-0.1, -0.05) is 45.7 Å². The Kier molecular flexibility index (Phi) is 4.27. The molecule has 0 aromatic carbocycles. The molecule has 142 valence electrons. The number of aliphatic hydroxyl groups is 1. The first-order valence-electron chi connectivity index (χ1n) is 9.76. The first-order valence-corrected chi connectivity index (χ1v) is 11.6. The predicted octanol–water partition coefficient (Wildman–Crippen LogP) is 4.97. The molecule has 4 aliphatic rings. The molecule has 0 radical (unpaired) electrons. The summed E-state index contributed by atoms with van der Waals surface area (Å²) in [6.07, 6.45) is 7.40. The Balaban J connectivity index is 1.60.